The molecule has 26 heavy (non-hydrogen) atoms. The number of carbonyl (C=O) groups excluding carboxylic acids is 1. The lowest BCUT2D eigenvalue weighted by atomic mass is 10.1. The van der Waals surface area contributed by atoms with E-state index in [-0.39, 0.29) is 5.54 Å². The maximum absolute atomic E-state index is 11.8. The first-order chi connectivity index (χ1) is 12.7. The second-order valence-electron chi connectivity index (χ2n) is 7.24. The number of aromatic amines is 1. The summed E-state index contributed by atoms with van der Waals surface area (Å²) in [5.74, 6) is 1.32. The highest BCUT2D eigenvalue weighted by molar-refractivity contribution is 7.06. The van der Waals surface area contributed by atoms with Gasteiger partial charge < -0.3 is 14.8 Å². The van der Waals surface area contributed by atoms with Gasteiger partial charge in [-0.3, -0.25) is 4.79 Å². The Hall–Kier alpha value is -2.48. The van der Waals surface area contributed by atoms with E-state index in [2.05, 4.69) is 30.3 Å². The predicted octanol–water partition coefficient (Wildman–Crippen LogP) is 2.32. The fourth-order valence-corrected chi connectivity index (χ4v) is 5.26. The van der Waals surface area contributed by atoms with Crippen LogP contribution in [0.4, 0.5) is 5.82 Å². The van der Waals surface area contributed by atoms with Crippen LogP contribution in [0.2, 0.25) is 0 Å². The molecule has 1 N–H and O–H groups in total. The van der Waals surface area contributed by atoms with Gasteiger partial charge >= 0.3 is 0 Å². The number of aromatic nitrogens is 4. The van der Waals surface area contributed by atoms with E-state index < -0.39 is 0 Å². The van der Waals surface area contributed by atoms with Gasteiger partial charge in [0.1, 0.15) is 17.8 Å². The van der Waals surface area contributed by atoms with Crippen molar-refractivity contribution in [3.8, 4) is 0 Å². The van der Waals surface area contributed by atoms with Crippen molar-refractivity contribution >= 4 is 34.8 Å². The average molecular weight is 368 g/mol. The molecule has 1 amide bonds. The summed E-state index contributed by atoms with van der Waals surface area (Å²) in [6.07, 6.45) is 6.47. The standard InChI is InChI=1S/C18H20N6OS/c1-12-7-15(26-22-12)14-8-18(14)9-23(5-2-6-24(18)11-25)17-13-3-4-19-16(13)20-10-21-17/h3-4,7,10-11,14H,2,5-6,8-9H2,1H3,(H,19,20,21). The number of hydrogen-bond acceptors (Lipinski definition) is 6. The molecule has 4 heterocycles. The SMILES string of the molecule is Cc1cc(C2CC23CN(c2ncnc4[nH]ccc24)CCCN3C=O)sn1. The van der Waals surface area contributed by atoms with Crippen LogP contribution in [0.15, 0.2) is 24.7 Å². The number of aryl methyl sites for hydroxylation is 1. The van der Waals surface area contributed by atoms with Crippen molar-refractivity contribution in [2.24, 2.45) is 0 Å². The zero-order chi connectivity index (χ0) is 17.7. The van der Waals surface area contributed by atoms with Gasteiger partial charge in [-0.05, 0) is 43.4 Å². The molecule has 2 fully saturated rings. The van der Waals surface area contributed by atoms with Gasteiger partial charge in [-0.15, -0.1) is 0 Å². The van der Waals surface area contributed by atoms with Crippen LogP contribution in [-0.2, 0) is 4.79 Å². The molecule has 2 unspecified atom stereocenters. The highest BCUT2D eigenvalue weighted by Crippen LogP contribution is 2.57. The van der Waals surface area contributed by atoms with E-state index in [1.807, 2.05) is 24.1 Å². The van der Waals surface area contributed by atoms with Gasteiger partial charge in [0.05, 0.1) is 16.6 Å². The summed E-state index contributed by atoms with van der Waals surface area (Å²) in [5, 5.41) is 1.04. The molecule has 2 atom stereocenters. The van der Waals surface area contributed by atoms with Crippen LogP contribution in [0.5, 0.6) is 0 Å². The third-order valence-corrected chi connectivity index (χ3v) is 6.65. The zero-order valence-electron chi connectivity index (χ0n) is 14.6. The van der Waals surface area contributed by atoms with Crippen LogP contribution in [0, 0.1) is 6.92 Å². The Kier molecular flexibility index (Phi) is 3.49. The first-order valence-corrected chi connectivity index (χ1v) is 9.67. The Bertz CT molecular complexity index is 967. The minimum atomic E-state index is -0.148. The normalized spacial score (nSPS) is 25.7. The molecule has 8 heteroatoms. The smallest absolute Gasteiger partial charge is 0.210 e. The minimum Gasteiger partial charge on any atom is -0.354 e. The Morgan fingerprint density at radius 3 is 3.12 bits per heavy atom. The van der Waals surface area contributed by atoms with Crippen LogP contribution in [0.25, 0.3) is 11.0 Å². The molecular formula is C18H20N6OS. The van der Waals surface area contributed by atoms with E-state index in [0.717, 1.165) is 61.4 Å². The number of amides is 1. The lowest BCUT2D eigenvalue weighted by molar-refractivity contribution is -0.120. The largest absolute Gasteiger partial charge is 0.354 e. The Labute approximate surface area is 155 Å². The summed E-state index contributed by atoms with van der Waals surface area (Å²) in [5.41, 5.74) is 1.76. The van der Waals surface area contributed by atoms with Crippen LogP contribution < -0.4 is 4.90 Å². The zero-order valence-corrected chi connectivity index (χ0v) is 15.4. The van der Waals surface area contributed by atoms with E-state index in [9.17, 15) is 4.79 Å². The van der Waals surface area contributed by atoms with Gasteiger partial charge in [0.15, 0.2) is 0 Å². The monoisotopic (exact) mass is 368 g/mol. The molecule has 0 radical (unpaired) electrons. The third-order valence-electron chi connectivity index (χ3n) is 5.66. The van der Waals surface area contributed by atoms with E-state index in [0.29, 0.717) is 5.92 Å². The van der Waals surface area contributed by atoms with Crippen LogP contribution in [0.3, 0.4) is 0 Å². The van der Waals surface area contributed by atoms with E-state index in [1.165, 1.54) is 4.88 Å². The number of carbonyl (C=O) groups is 1. The molecular weight excluding hydrogens is 348 g/mol. The van der Waals surface area contributed by atoms with E-state index in [4.69, 9.17) is 0 Å². The number of nitrogens with one attached hydrogen (secondary N) is 1. The number of anilines is 1. The first-order valence-electron chi connectivity index (χ1n) is 8.89. The average Bonchev–Trinajstić information content (AvgIpc) is 2.99. The van der Waals surface area contributed by atoms with Crippen LogP contribution in [0.1, 0.15) is 29.3 Å². The molecule has 7 nitrogen and oxygen atoms in total. The van der Waals surface area contributed by atoms with Crippen molar-refractivity contribution in [1.29, 1.82) is 0 Å². The first kappa shape index (κ1) is 15.7. The number of H-pyrrole nitrogens is 1. The molecule has 3 aromatic rings. The molecule has 2 aliphatic rings. The number of fused-ring (bicyclic) bond motifs is 1. The molecule has 0 bridgehead atoms. The minimum absolute atomic E-state index is 0.148. The summed E-state index contributed by atoms with van der Waals surface area (Å²) in [6, 6.07) is 4.19. The van der Waals surface area contributed by atoms with E-state index >= 15 is 0 Å². The van der Waals surface area contributed by atoms with Gasteiger partial charge in [-0.25, -0.2) is 9.97 Å². The lowest BCUT2D eigenvalue weighted by Gasteiger charge is -2.31. The third kappa shape index (κ3) is 2.32. The summed E-state index contributed by atoms with van der Waals surface area (Å²) in [7, 11) is 0. The summed E-state index contributed by atoms with van der Waals surface area (Å²) in [4.78, 5) is 29.5. The molecule has 1 saturated heterocycles. The van der Waals surface area contributed by atoms with Crippen molar-refractivity contribution in [2.75, 3.05) is 24.5 Å². The number of hydrogen-bond donors (Lipinski definition) is 1. The van der Waals surface area contributed by atoms with Gasteiger partial charge in [0, 0.05) is 36.6 Å². The highest BCUT2D eigenvalue weighted by atomic mass is 32.1. The quantitative estimate of drug-likeness (QED) is 0.718. The molecule has 134 valence electrons. The summed E-state index contributed by atoms with van der Waals surface area (Å²) >= 11 is 1.57. The molecule has 1 spiro atoms. The Morgan fingerprint density at radius 2 is 2.31 bits per heavy atom. The molecule has 1 aliphatic carbocycles. The second-order valence-corrected chi connectivity index (χ2v) is 8.08. The Morgan fingerprint density at radius 1 is 1.38 bits per heavy atom. The molecule has 0 aromatic carbocycles. The second kappa shape index (κ2) is 5.77. The predicted molar refractivity (Wildman–Crippen MR) is 100 cm³/mol. The molecule has 5 rings (SSSR count). The van der Waals surface area contributed by atoms with Crippen molar-refractivity contribution < 1.29 is 4.79 Å². The van der Waals surface area contributed by atoms with Gasteiger partial charge in [-0.2, -0.15) is 4.37 Å². The van der Waals surface area contributed by atoms with Gasteiger partial charge in [-0.1, -0.05) is 0 Å². The van der Waals surface area contributed by atoms with Gasteiger partial charge in [0.2, 0.25) is 6.41 Å². The number of nitrogens with zero attached hydrogens (tertiary/aromatic N) is 5. The lowest BCUT2D eigenvalue weighted by Crippen LogP contribution is -2.44. The molecule has 1 aliphatic heterocycles. The van der Waals surface area contributed by atoms with Crippen molar-refractivity contribution in [3.63, 3.8) is 0 Å². The fourth-order valence-electron chi connectivity index (χ4n) is 4.30. The van der Waals surface area contributed by atoms with Crippen LogP contribution in [-0.4, -0.2) is 55.8 Å². The van der Waals surface area contributed by atoms with Crippen molar-refractivity contribution in [2.45, 2.75) is 31.2 Å². The summed E-state index contributed by atoms with van der Waals surface area (Å²) in [6.45, 7) is 4.49. The fraction of sp³-hybridized carbons (Fsp3) is 0.444. The highest BCUT2D eigenvalue weighted by Gasteiger charge is 2.60. The van der Waals surface area contributed by atoms with E-state index in [1.54, 1.807) is 17.9 Å². The van der Waals surface area contributed by atoms with Crippen LogP contribution >= 0.6 is 11.5 Å². The maximum Gasteiger partial charge on any atom is 0.210 e. The molecule has 1 saturated carbocycles. The van der Waals surface area contributed by atoms with Crippen molar-refractivity contribution in [1.82, 2.24) is 24.2 Å². The number of rotatable bonds is 3. The topological polar surface area (TPSA) is 78.0 Å². The molecule has 3 aromatic heterocycles. The summed E-state index contributed by atoms with van der Waals surface area (Å²) < 4.78 is 4.44. The van der Waals surface area contributed by atoms with Crippen molar-refractivity contribution in [3.05, 3.63) is 35.2 Å². The Balaban J connectivity index is 1.52. The maximum atomic E-state index is 11.8. The van der Waals surface area contributed by atoms with Gasteiger partial charge in [0.25, 0.3) is 0 Å².